The predicted molar refractivity (Wildman–Crippen MR) is 138 cm³/mol. The SMILES string of the molecule is CCCCC(=O)C(C)(C)c1ccc(C2C(CCCc3ccc(C(=O)O)s3)[C@H](Br)C[C@H]2O)cc1. The normalized spacial score (nSPS) is 23.1. The second-order valence-corrected chi connectivity index (χ2v) is 12.1. The first kappa shape index (κ1) is 26.1. The molecular formula is C27H35BrO4S. The average Bonchev–Trinajstić information content (AvgIpc) is 3.36. The van der Waals surface area contributed by atoms with Crippen LogP contribution < -0.4 is 0 Å². The first-order valence-electron chi connectivity index (χ1n) is 11.9. The maximum Gasteiger partial charge on any atom is 0.345 e. The number of carbonyl (C=O) groups is 2. The summed E-state index contributed by atoms with van der Waals surface area (Å²) >= 11 is 5.15. The standard InChI is InChI=1S/C27H35BrO4S/c1-4-5-9-24(30)27(2,3)18-12-10-17(11-13-18)25-20(21(28)16-22(25)29)8-6-7-19-14-15-23(33-19)26(31)32/h10-15,20-22,25,29H,4-9,16H2,1-3H3,(H,31,32)/t20?,21-,22-,25?/m1/s1. The van der Waals surface area contributed by atoms with Crippen LogP contribution in [0, 0.1) is 5.92 Å². The van der Waals surface area contributed by atoms with Gasteiger partial charge in [0.25, 0.3) is 0 Å². The van der Waals surface area contributed by atoms with Crippen molar-refractivity contribution in [2.24, 2.45) is 5.92 Å². The number of hydrogen-bond donors (Lipinski definition) is 2. The van der Waals surface area contributed by atoms with Crippen molar-refractivity contribution >= 4 is 39.0 Å². The van der Waals surface area contributed by atoms with Gasteiger partial charge in [0.05, 0.1) is 6.10 Å². The van der Waals surface area contributed by atoms with E-state index < -0.39 is 17.5 Å². The van der Waals surface area contributed by atoms with Gasteiger partial charge in [0.15, 0.2) is 0 Å². The van der Waals surface area contributed by atoms with Crippen LogP contribution in [0.5, 0.6) is 0 Å². The quantitative estimate of drug-likeness (QED) is 0.313. The number of aliphatic hydroxyl groups is 1. The lowest BCUT2D eigenvalue weighted by atomic mass is 9.77. The molecule has 1 heterocycles. The number of aryl methyl sites for hydroxylation is 1. The molecule has 3 rings (SSSR count). The molecule has 2 N–H and O–H groups in total. The highest BCUT2D eigenvalue weighted by Crippen LogP contribution is 2.46. The second-order valence-electron chi connectivity index (χ2n) is 9.75. The van der Waals surface area contributed by atoms with Crippen molar-refractivity contribution in [1.29, 1.82) is 0 Å². The number of alkyl halides is 1. The van der Waals surface area contributed by atoms with Crippen LogP contribution in [-0.4, -0.2) is 32.9 Å². The molecule has 2 aromatic rings. The van der Waals surface area contributed by atoms with Gasteiger partial charge in [0.2, 0.25) is 0 Å². The molecule has 4 nitrogen and oxygen atoms in total. The zero-order valence-corrected chi connectivity index (χ0v) is 22.1. The molecular weight excluding hydrogens is 500 g/mol. The van der Waals surface area contributed by atoms with Crippen molar-refractivity contribution in [3.63, 3.8) is 0 Å². The summed E-state index contributed by atoms with van der Waals surface area (Å²) in [7, 11) is 0. The maximum atomic E-state index is 12.7. The molecule has 33 heavy (non-hydrogen) atoms. The monoisotopic (exact) mass is 534 g/mol. The Morgan fingerprint density at radius 3 is 2.42 bits per heavy atom. The Balaban J connectivity index is 1.68. The minimum absolute atomic E-state index is 0.0558. The van der Waals surface area contributed by atoms with E-state index in [4.69, 9.17) is 5.11 Å². The third kappa shape index (κ3) is 6.14. The van der Waals surface area contributed by atoms with Crippen LogP contribution in [0.2, 0.25) is 0 Å². The minimum Gasteiger partial charge on any atom is -0.477 e. The number of benzene rings is 1. The van der Waals surface area contributed by atoms with Crippen LogP contribution in [0.25, 0.3) is 0 Å². The van der Waals surface area contributed by atoms with E-state index in [2.05, 4.69) is 47.1 Å². The molecule has 1 aromatic carbocycles. The molecule has 1 aliphatic carbocycles. The first-order valence-corrected chi connectivity index (χ1v) is 13.7. The second kappa shape index (κ2) is 11.3. The van der Waals surface area contributed by atoms with Crippen LogP contribution >= 0.6 is 27.3 Å². The molecule has 0 spiro atoms. The predicted octanol–water partition coefficient (Wildman–Crippen LogP) is 6.73. The van der Waals surface area contributed by atoms with Crippen LogP contribution in [0.4, 0.5) is 0 Å². The lowest BCUT2D eigenvalue weighted by Crippen LogP contribution is -2.29. The van der Waals surface area contributed by atoms with E-state index >= 15 is 0 Å². The Morgan fingerprint density at radius 1 is 1.12 bits per heavy atom. The summed E-state index contributed by atoms with van der Waals surface area (Å²) in [5.74, 6) is -0.232. The van der Waals surface area contributed by atoms with Crippen molar-refractivity contribution in [3.05, 3.63) is 57.3 Å². The lowest BCUT2D eigenvalue weighted by Gasteiger charge is -2.27. The molecule has 0 amide bonds. The molecule has 1 fully saturated rings. The number of aliphatic hydroxyl groups excluding tert-OH is 1. The van der Waals surface area contributed by atoms with Gasteiger partial charge >= 0.3 is 5.97 Å². The highest BCUT2D eigenvalue weighted by Gasteiger charge is 2.41. The third-order valence-corrected chi connectivity index (χ3v) is 9.30. The van der Waals surface area contributed by atoms with Crippen molar-refractivity contribution in [2.45, 2.75) is 88.0 Å². The molecule has 0 aliphatic heterocycles. The van der Waals surface area contributed by atoms with Gasteiger partial charge in [-0.2, -0.15) is 0 Å². The highest BCUT2D eigenvalue weighted by molar-refractivity contribution is 9.09. The number of carbonyl (C=O) groups excluding carboxylic acids is 1. The number of aromatic carboxylic acids is 1. The van der Waals surface area contributed by atoms with Crippen LogP contribution in [0.1, 0.15) is 90.9 Å². The fourth-order valence-corrected chi connectivity index (χ4v) is 6.83. The molecule has 1 aromatic heterocycles. The average molecular weight is 536 g/mol. The van der Waals surface area contributed by atoms with Gasteiger partial charge in [-0.05, 0) is 75.1 Å². The molecule has 1 saturated carbocycles. The Hall–Kier alpha value is -1.50. The lowest BCUT2D eigenvalue weighted by molar-refractivity contribution is -0.123. The van der Waals surface area contributed by atoms with E-state index in [9.17, 15) is 14.7 Å². The molecule has 180 valence electrons. The number of ketones is 1. The van der Waals surface area contributed by atoms with E-state index in [1.165, 1.54) is 11.3 Å². The number of rotatable bonds is 11. The number of carboxylic acids is 1. The van der Waals surface area contributed by atoms with Gasteiger partial charge in [0.1, 0.15) is 10.7 Å². The molecule has 6 heteroatoms. The smallest absolute Gasteiger partial charge is 0.345 e. The van der Waals surface area contributed by atoms with Gasteiger partial charge in [-0.1, -0.05) is 53.5 Å². The molecule has 2 unspecified atom stereocenters. The zero-order chi connectivity index (χ0) is 24.2. The van der Waals surface area contributed by atoms with Crippen LogP contribution in [0.3, 0.4) is 0 Å². The Kier molecular flexibility index (Phi) is 8.93. The number of thiophene rings is 1. The summed E-state index contributed by atoms with van der Waals surface area (Å²) in [4.78, 5) is 25.5. The molecule has 0 saturated heterocycles. The topological polar surface area (TPSA) is 74.6 Å². The van der Waals surface area contributed by atoms with Gasteiger partial charge < -0.3 is 10.2 Å². The molecule has 4 atom stereocenters. The molecule has 1 aliphatic rings. The number of unbranched alkanes of at least 4 members (excludes halogenated alkanes) is 1. The fraction of sp³-hybridized carbons (Fsp3) is 0.556. The first-order chi connectivity index (χ1) is 15.6. The van der Waals surface area contributed by atoms with E-state index in [0.717, 1.165) is 54.5 Å². The molecule has 0 bridgehead atoms. The van der Waals surface area contributed by atoms with E-state index in [0.29, 0.717) is 17.2 Å². The molecule has 0 radical (unpaired) electrons. The van der Waals surface area contributed by atoms with Crippen LogP contribution in [-0.2, 0) is 16.6 Å². The summed E-state index contributed by atoms with van der Waals surface area (Å²) in [6, 6.07) is 11.9. The van der Waals surface area contributed by atoms with Gasteiger partial charge in [0, 0.05) is 27.5 Å². The van der Waals surface area contributed by atoms with E-state index in [-0.39, 0.29) is 16.5 Å². The summed E-state index contributed by atoms with van der Waals surface area (Å²) < 4.78 is 0. The number of hydrogen-bond acceptors (Lipinski definition) is 4. The van der Waals surface area contributed by atoms with Crippen molar-refractivity contribution < 1.29 is 19.8 Å². The van der Waals surface area contributed by atoms with E-state index in [1.807, 2.05) is 19.9 Å². The van der Waals surface area contributed by atoms with Gasteiger partial charge in [-0.15, -0.1) is 11.3 Å². The number of carboxylic acid groups (broad SMARTS) is 1. The van der Waals surface area contributed by atoms with Gasteiger partial charge in [-0.25, -0.2) is 4.79 Å². The highest BCUT2D eigenvalue weighted by atomic mass is 79.9. The van der Waals surface area contributed by atoms with Crippen molar-refractivity contribution in [3.8, 4) is 0 Å². The summed E-state index contributed by atoms with van der Waals surface area (Å²) in [6.07, 6.45) is 5.63. The van der Waals surface area contributed by atoms with Crippen molar-refractivity contribution in [1.82, 2.24) is 0 Å². The summed E-state index contributed by atoms with van der Waals surface area (Å²) in [5.41, 5.74) is 1.65. The van der Waals surface area contributed by atoms with Crippen molar-refractivity contribution in [2.75, 3.05) is 0 Å². The summed E-state index contributed by atoms with van der Waals surface area (Å²) in [6.45, 7) is 6.10. The maximum absolute atomic E-state index is 12.7. The Labute approximate surface area is 209 Å². The number of Topliss-reactive ketones (excluding diaryl/α,β-unsaturated/α-hetero) is 1. The third-order valence-electron chi connectivity index (χ3n) is 7.11. The minimum atomic E-state index is -0.871. The van der Waals surface area contributed by atoms with E-state index in [1.54, 1.807) is 6.07 Å². The fourth-order valence-electron chi connectivity index (χ4n) is 4.96. The Bertz CT molecular complexity index is 949. The van der Waals surface area contributed by atoms with Crippen LogP contribution in [0.15, 0.2) is 36.4 Å². The number of halogens is 1. The largest absolute Gasteiger partial charge is 0.477 e. The Morgan fingerprint density at radius 2 is 1.82 bits per heavy atom. The zero-order valence-electron chi connectivity index (χ0n) is 19.7. The summed E-state index contributed by atoms with van der Waals surface area (Å²) in [5, 5.41) is 19.9. The van der Waals surface area contributed by atoms with Gasteiger partial charge in [-0.3, -0.25) is 4.79 Å².